The number of fused-ring (bicyclic) bond motifs is 9. The second kappa shape index (κ2) is 11.2. The first-order valence-corrected chi connectivity index (χ1v) is 17.4. The van der Waals surface area contributed by atoms with Crippen molar-refractivity contribution < 1.29 is 4.42 Å². The Labute approximate surface area is 298 Å². The molecule has 8 aromatic carbocycles. The molecule has 242 valence electrons. The molecule has 0 saturated carbocycles. The van der Waals surface area contributed by atoms with Crippen molar-refractivity contribution in [3.8, 4) is 39.9 Å². The molecule has 11 rings (SSSR count). The number of benzene rings is 8. The third-order valence-electron chi connectivity index (χ3n) is 10.2. The van der Waals surface area contributed by atoms with Crippen LogP contribution >= 0.6 is 0 Å². The molecule has 52 heavy (non-hydrogen) atoms. The summed E-state index contributed by atoms with van der Waals surface area (Å²) in [4.78, 5) is 15.2. The van der Waals surface area contributed by atoms with Gasteiger partial charge in [0.25, 0.3) is 0 Å². The third-order valence-corrected chi connectivity index (χ3v) is 10.2. The smallest absolute Gasteiger partial charge is 0.164 e. The lowest BCUT2D eigenvalue weighted by atomic mass is 10.0. The number of hydrogen-bond donors (Lipinski definition) is 0. The maximum Gasteiger partial charge on any atom is 0.164 e. The van der Waals surface area contributed by atoms with E-state index in [-0.39, 0.29) is 0 Å². The Morgan fingerprint density at radius 2 is 1.02 bits per heavy atom. The van der Waals surface area contributed by atoms with Crippen molar-refractivity contribution in [3.63, 3.8) is 0 Å². The fourth-order valence-corrected chi connectivity index (χ4v) is 7.81. The number of nitrogens with zero attached hydrogens (tertiary/aromatic N) is 4. The fourth-order valence-electron chi connectivity index (χ4n) is 7.81. The van der Waals surface area contributed by atoms with E-state index in [0.717, 1.165) is 44.3 Å². The number of rotatable bonds is 4. The summed E-state index contributed by atoms with van der Waals surface area (Å²) in [5, 5.41) is 9.47. The maximum absolute atomic E-state index is 6.23. The van der Waals surface area contributed by atoms with Gasteiger partial charge in [-0.15, -0.1) is 0 Å². The van der Waals surface area contributed by atoms with Gasteiger partial charge in [-0.1, -0.05) is 115 Å². The quantitative estimate of drug-likeness (QED) is 0.188. The van der Waals surface area contributed by atoms with Crippen LogP contribution < -0.4 is 0 Å². The Bertz CT molecular complexity index is 3180. The van der Waals surface area contributed by atoms with E-state index < -0.39 is 0 Å². The SMILES string of the molecule is c1ccc(-c2nc(-c3ccc(-n4c5cc6ccccc6cc5c5c6ccccc6ccc54)cc3)nc(-c3cccc4oc5ccccc5c34)n2)cc1. The molecule has 0 saturated heterocycles. The predicted molar refractivity (Wildman–Crippen MR) is 213 cm³/mol. The van der Waals surface area contributed by atoms with Gasteiger partial charge in [-0.2, -0.15) is 0 Å². The summed E-state index contributed by atoms with van der Waals surface area (Å²) in [6, 6.07) is 59.2. The molecule has 0 aliphatic rings. The van der Waals surface area contributed by atoms with Crippen molar-refractivity contribution >= 4 is 65.3 Å². The Kier molecular flexibility index (Phi) is 6.18. The molecule has 5 heteroatoms. The van der Waals surface area contributed by atoms with Crippen LogP contribution in [-0.2, 0) is 0 Å². The summed E-state index contributed by atoms with van der Waals surface area (Å²) < 4.78 is 8.61. The minimum Gasteiger partial charge on any atom is -0.456 e. The van der Waals surface area contributed by atoms with Gasteiger partial charge in [0.15, 0.2) is 17.5 Å². The van der Waals surface area contributed by atoms with E-state index in [1.54, 1.807) is 0 Å². The lowest BCUT2D eigenvalue weighted by molar-refractivity contribution is 0.669. The second-order valence-corrected chi connectivity index (χ2v) is 13.2. The van der Waals surface area contributed by atoms with Gasteiger partial charge < -0.3 is 8.98 Å². The van der Waals surface area contributed by atoms with Crippen molar-refractivity contribution in [3.05, 3.63) is 170 Å². The first kappa shape index (κ1) is 28.7. The van der Waals surface area contributed by atoms with Crippen LogP contribution in [0.1, 0.15) is 0 Å². The van der Waals surface area contributed by atoms with Crippen LogP contribution in [0.5, 0.6) is 0 Å². The summed E-state index contributed by atoms with van der Waals surface area (Å²) in [5.41, 5.74) is 7.80. The molecule has 0 fully saturated rings. The third kappa shape index (κ3) is 4.39. The van der Waals surface area contributed by atoms with E-state index in [2.05, 4.69) is 114 Å². The van der Waals surface area contributed by atoms with Crippen LogP contribution in [-0.4, -0.2) is 19.5 Å². The van der Waals surface area contributed by atoms with Crippen molar-refractivity contribution in [1.82, 2.24) is 19.5 Å². The zero-order valence-electron chi connectivity index (χ0n) is 27.9. The van der Waals surface area contributed by atoms with E-state index in [1.165, 1.54) is 43.4 Å². The molecule has 0 atom stereocenters. The first-order chi connectivity index (χ1) is 25.8. The molecule has 0 aliphatic carbocycles. The van der Waals surface area contributed by atoms with E-state index in [0.29, 0.717) is 17.5 Å². The van der Waals surface area contributed by atoms with Gasteiger partial charge in [0.05, 0.1) is 11.0 Å². The number of hydrogen-bond acceptors (Lipinski definition) is 4. The van der Waals surface area contributed by atoms with Crippen molar-refractivity contribution in [2.24, 2.45) is 0 Å². The average molecular weight is 665 g/mol. The molecule has 0 radical (unpaired) electrons. The molecule has 0 unspecified atom stereocenters. The van der Waals surface area contributed by atoms with Crippen LogP contribution in [0, 0.1) is 0 Å². The molecule has 3 aromatic heterocycles. The zero-order valence-corrected chi connectivity index (χ0v) is 27.9. The monoisotopic (exact) mass is 664 g/mol. The largest absolute Gasteiger partial charge is 0.456 e. The highest BCUT2D eigenvalue weighted by molar-refractivity contribution is 6.23. The van der Waals surface area contributed by atoms with Crippen molar-refractivity contribution in [2.45, 2.75) is 0 Å². The highest BCUT2D eigenvalue weighted by Gasteiger charge is 2.19. The Balaban J connectivity index is 1.11. The molecule has 0 N–H and O–H groups in total. The summed E-state index contributed by atoms with van der Waals surface area (Å²) in [7, 11) is 0. The maximum atomic E-state index is 6.23. The fraction of sp³-hybridized carbons (Fsp3) is 0. The van der Waals surface area contributed by atoms with Gasteiger partial charge in [-0.25, -0.2) is 15.0 Å². The minimum atomic E-state index is 0.603. The van der Waals surface area contributed by atoms with Crippen molar-refractivity contribution in [2.75, 3.05) is 0 Å². The van der Waals surface area contributed by atoms with Crippen LogP contribution in [0.15, 0.2) is 174 Å². The average Bonchev–Trinajstić information content (AvgIpc) is 3.76. The number of aromatic nitrogens is 4. The molecule has 0 spiro atoms. The number of para-hydroxylation sites is 1. The lowest BCUT2D eigenvalue weighted by Gasteiger charge is -2.11. The highest BCUT2D eigenvalue weighted by Crippen LogP contribution is 2.40. The van der Waals surface area contributed by atoms with Crippen LogP contribution in [0.25, 0.3) is 105 Å². The summed E-state index contributed by atoms with van der Waals surface area (Å²) in [6.45, 7) is 0. The van der Waals surface area contributed by atoms with Gasteiger partial charge in [-0.05, 0) is 76.1 Å². The van der Waals surface area contributed by atoms with Gasteiger partial charge in [0.1, 0.15) is 11.2 Å². The van der Waals surface area contributed by atoms with Gasteiger partial charge in [0.2, 0.25) is 0 Å². The van der Waals surface area contributed by atoms with Crippen LogP contribution in [0.3, 0.4) is 0 Å². The Morgan fingerprint density at radius 1 is 0.385 bits per heavy atom. The molecule has 0 amide bonds. The van der Waals surface area contributed by atoms with E-state index in [4.69, 9.17) is 19.4 Å². The molecule has 0 bridgehead atoms. The van der Waals surface area contributed by atoms with Gasteiger partial charge in [0, 0.05) is 43.9 Å². The molecule has 5 nitrogen and oxygen atoms in total. The van der Waals surface area contributed by atoms with Crippen LogP contribution in [0.4, 0.5) is 0 Å². The topological polar surface area (TPSA) is 56.7 Å². The number of furan rings is 1. The summed E-state index contributed by atoms with van der Waals surface area (Å²) >= 11 is 0. The molecular weight excluding hydrogens is 637 g/mol. The second-order valence-electron chi connectivity index (χ2n) is 13.2. The van der Waals surface area contributed by atoms with Gasteiger partial charge in [-0.3, -0.25) is 0 Å². The Hall–Kier alpha value is -7.11. The van der Waals surface area contributed by atoms with E-state index >= 15 is 0 Å². The molecule has 0 aliphatic heterocycles. The van der Waals surface area contributed by atoms with E-state index in [9.17, 15) is 0 Å². The zero-order chi connectivity index (χ0) is 34.2. The highest BCUT2D eigenvalue weighted by atomic mass is 16.3. The predicted octanol–water partition coefficient (Wildman–Crippen LogP) is 12.2. The Morgan fingerprint density at radius 3 is 1.83 bits per heavy atom. The molecule has 3 heterocycles. The van der Waals surface area contributed by atoms with Crippen LogP contribution in [0.2, 0.25) is 0 Å². The van der Waals surface area contributed by atoms with E-state index in [1.807, 2.05) is 60.7 Å². The van der Waals surface area contributed by atoms with Gasteiger partial charge >= 0.3 is 0 Å². The van der Waals surface area contributed by atoms with Crippen molar-refractivity contribution in [1.29, 1.82) is 0 Å². The summed E-state index contributed by atoms with van der Waals surface area (Å²) in [5.74, 6) is 1.83. The molecular formula is C47H28N4O. The summed E-state index contributed by atoms with van der Waals surface area (Å²) in [6.07, 6.45) is 0. The molecule has 11 aromatic rings. The standard InChI is InChI=1S/C47H28N4O/c1-2-12-30(13-3-1)45-48-46(50-47(49-45)37-18-10-20-42-44(37)36-17-8-9-19-41(36)52-42)31-21-24-34(25-22-31)51-39-26-23-29-11-6-7-16-35(29)43(39)38-27-32-14-4-5-15-33(32)28-40(38)51/h1-28H. The minimum absolute atomic E-state index is 0.603. The lowest BCUT2D eigenvalue weighted by Crippen LogP contribution is -2.01. The first-order valence-electron chi connectivity index (χ1n) is 17.4. The normalized spacial score (nSPS) is 11.8.